The standard InChI is InChI=1S/C24H29FN4O/c25-22-10-4-8-19(14-22)21-15-27-24(28-16-21)29-13-5-9-20(17-29)23(30)26-12-11-18-6-2-1-3-7-18/h4,6,8,10,14-16,20H,1-3,5,7,9,11-13,17H2,(H,26,30)/t20-/m0/s1. The van der Waals surface area contributed by atoms with Gasteiger partial charge in [0.15, 0.2) is 0 Å². The molecule has 1 aromatic heterocycles. The highest BCUT2D eigenvalue weighted by Crippen LogP contribution is 2.24. The van der Waals surface area contributed by atoms with Crippen molar-refractivity contribution in [2.24, 2.45) is 5.92 Å². The van der Waals surface area contributed by atoms with Gasteiger partial charge in [-0.25, -0.2) is 14.4 Å². The maximum absolute atomic E-state index is 13.4. The molecule has 2 aliphatic rings. The molecule has 6 heteroatoms. The van der Waals surface area contributed by atoms with Crippen molar-refractivity contribution in [1.82, 2.24) is 15.3 Å². The number of nitrogens with zero attached hydrogens (tertiary/aromatic N) is 3. The fourth-order valence-electron chi connectivity index (χ4n) is 4.30. The van der Waals surface area contributed by atoms with E-state index < -0.39 is 0 Å². The summed E-state index contributed by atoms with van der Waals surface area (Å²) in [7, 11) is 0. The van der Waals surface area contributed by atoms with Crippen molar-refractivity contribution < 1.29 is 9.18 Å². The van der Waals surface area contributed by atoms with E-state index in [2.05, 4.69) is 26.3 Å². The lowest BCUT2D eigenvalue weighted by Crippen LogP contribution is -2.44. The van der Waals surface area contributed by atoms with Crippen molar-refractivity contribution >= 4 is 11.9 Å². The number of benzene rings is 1. The second-order valence-corrected chi connectivity index (χ2v) is 8.22. The monoisotopic (exact) mass is 408 g/mol. The molecule has 1 aromatic carbocycles. The smallest absolute Gasteiger partial charge is 0.225 e. The van der Waals surface area contributed by atoms with E-state index in [1.807, 2.05) is 6.07 Å². The van der Waals surface area contributed by atoms with E-state index in [1.54, 1.807) is 18.5 Å². The van der Waals surface area contributed by atoms with Gasteiger partial charge in [-0.1, -0.05) is 23.8 Å². The van der Waals surface area contributed by atoms with Gasteiger partial charge in [-0.3, -0.25) is 4.79 Å². The average Bonchev–Trinajstić information content (AvgIpc) is 2.80. The predicted octanol–water partition coefficient (Wildman–Crippen LogP) is 4.51. The Morgan fingerprint density at radius 3 is 2.80 bits per heavy atom. The Balaban J connectivity index is 1.32. The average molecular weight is 409 g/mol. The third kappa shape index (κ3) is 5.23. The molecule has 30 heavy (non-hydrogen) atoms. The van der Waals surface area contributed by atoms with Crippen molar-refractivity contribution in [2.75, 3.05) is 24.5 Å². The first kappa shape index (κ1) is 20.5. The molecule has 0 radical (unpaired) electrons. The van der Waals surface area contributed by atoms with Crippen LogP contribution in [0.4, 0.5) is 10.3 Å². The van der Waals surface area contributed by atoms with Crippen LogP contribution in [-0.2, 0) is 4.79 Å². The van der Waals surface area contributed by atoms with Gasteiger partial charge in [-0.05, 0) is 62.6 Å². The summed E-state index contributed by atoms with van der Waals surface area (Å²) < 4.78 is 13.4. The molecule has 0 bridgehead atoms. The zero-order valence-electron chi connectivity index (χ0n) is 17.3. The fraction of sp³-hybridized carbons (Fsp3) is 0.458. The largest absolute Gasteiger partial charge is 0.355 e. The lowest BCUT2D eigenvalue weighted by atomic mass is 9.96. The number of aromatic nitrogens is 2. The minimum atomic E-state index is -0.277. The van der Waals surface area contributed by atoms with Gasteiger partial charge < -0.3 is 10.2 Å². The summed E-state index contributed by atoms with van der Waals surface area (Å²) in [5.74, 6) is 0.444. The van der Waals surface area contributed by atoms with Crippen molar-refractivity contribution in [1.29, 1.82) is 0 Å². The van der Waals surface area contributed by atoms with Gasteiger partial charge in [-0.15, -0.1) is 0 Å². The minimum absolute atomic E-state index is 0.0365. The van der Waals surface area contributed by atoms with Crippen LogP contribution in [0.25, 0.3) is 11.1 Å². The molecule has 2 aromatic rings. The predicted molar refractivity (Wildman–Crippen MR) is 117 cm³/mol. The van der Waals surface area contributed by atoms with Crippen molar-refractivity contribution in [3.8, 4) is 11.1 Å². The van der Waals surface area contributed by atoms with Crippen LogP contribution >= 0.6 is 0 Å². The first-order chi connectivity index (χ1) is 14.7. The van der Waals surface area contributed by atoms with Gasteiger partial charge in [0.1, 0.15) is 5.82 Å². The number of nitrogens with one attached hydrogen (secondary N) is 1. The Morgan fingerprint density at radius 1 is 1.17 bits per heavy atom. The molecule has 0 unspecified atom stereocenters. The van der Waals surface area contributed by atoms with E-state index in [9.17, 15) is 9.18 Å². The highest BCUT2D eigenvalue weighted by Gasteiger charge is 2.27. The Labute approximate surface area is 177 Å². The van der Waals surface area contributed by atoms with Gasteiger partial charge in [0.2, 0.25) is 11.9 Å². The summed E-state index contributed by atoms with van der Waals surface area (Å²) in [5, 5.41) is 3.12. The molecule has 1 fully saturated rings. The lowest BCUT2D eigenvalue weighted by Gasteiger charge is -2.32. The van der Waals surface area contributed by atoms with Gasteiger partial charge in [0, 0.05) is 37.6 Å². The molecule has 0 spiro atoms. The van der Waals surface area contributed by atoms with Crippen LogP contribution in [0, 0.1) is 11.7 Å². The third-order valence-corrected chi connectivity index (χ3v) is 6.00. The van der Waals surface area contributed by atoms with Crippen LogP contribution < -0.4 is 10.2 Å². The summed E-state index contributed by atoms with van der Waals surface area (Å²) in [6.07, 6.45) is 13.5. The Bertz CT molecular complexity index is 896. The SMILES string of the molecule is O=C(NCCC1=CCCCC1)[C@H]1CCCN(c2ncc(-c3cccc(F)c3)cn2)C1. The molecule has 1 aliphatic heterocycles. The Kier molecular flexibility index (Phi) is 6.72. The number of hydrogen-bond donors (Lipinski definition) is 1. The van der Waals surface area contributed by atoms with E-state index >= 15 is 0 Å². The number of carbonyl (C=O) groups excluding carboxylic acids is 1. The molecule has 1 N–H and O–H groups in total. The van der Waals surface area contributed by atoms with Crippen molar-refractivity contribution in [3.05, 3.63) is 54.1 Å². The van der Waals surface area contributed by atoms with E-state index in [0.29, 0.717) is 12.5 Å². The molecule has 0 saturated carbocycles. The molecule has 1 atom stereocenters. The van der Waals surface area contributed by atoms with Crippen LogP contribution in [0.15, 0.2) is 48.3 Å². The lowest BCUT2D eigenvalue weighted by molar-refractivity contribution is -0.125. The summed E-state index contributed by atoms with van der Waals surface area (Å²) in [6, 6.07) is 6.41. The van der Waals surface area contributed by atoms with Gasteiger partial charge in [0.25, 0.3) is 0 Å². The molecule has 5 nitrogen and oxygen atoms in total. The Hall–Kier alpha value is -2.76. The number of anilines is 1. The number of carbonyl (C=O) groups is 1. The number of rotatable bonds is 6. The van der Waals surface area contributed by atoms with E-state index in [0.717, 1.165) is 43.5 Å². The molecular formula is C24H29FN4O. The molecule has 4 rings (SSSR count). The summed E-state index contributed by atoms with van der Waals surface area (Å²) >= 11 is 0. The topological polar surface area (TPSA) is 58.1 Å². The second-order valence-electron chi connectivity index (χ2n) is 8.22. The van der Waals surface area contributed by atoms with Gasteiger partial charge >= 0.3 is 0 Å². The van der Waals surface area contributed by atoms with Crippen LogP contribution in [0.1, 0.15) is 44.9 Å². The van der Waals surface area contributed by atoms with Gasteiger partial charge in [0.05, 0.1) is 5.92 Å². The number of allylic oxidation sites excluding steroid dienone is 1. The zero-order chi connectivity index (χ0) is 20.8. The normalized spacial score (nSPS) is 19.3. The molecule has 1 aliphatic carbocycles. The van der Waals surface area contributed by atoms with Crippen LogP contribution in [0.5, 0.6) is 0 Å². The minimum Gasteiger partial charge on any atom is -0.355 e. The summed E-state index contributed by atoms with van der Waals surface area (Å²) in [4.78, 5) is 23.7. The van der Waals surface area contributed by atoms with E-state index in [-0.39, 0.29) is 17.6 Å². The van der Waals surface area contributed by atoms with Crippen LogP contribution in [0.3, 0.4) is 0 Å². The molecule has 1 saturated heterocycles. The van der Waals surface area contributed by atoms with Gasteiger partial charge in [-0.2, -0.15) is 0 Å². The van der Waals surface area contributed by atoms with Crippen LogP contribution in [-0.4, -0.2) is 35.5 Å². The summed E-state index contributed by atoms with van der Waals surface area (Å²) in [5.41, 5.74) is 3.02. The molecule has 2 heterocycles. The second kappa shape index (κ2) is 9.83. The highest BCUT2D eigenvalue weighted by atomic mass is 19.1. The number of hydrogen-bond acceptors (Lipinski definition) is 4. The Morgan fingerprint density at radius 2 is 2.03 bits per heavy atom. The highest BCUT2D eigenvalue weighted by molar-refractivity contribution is 5.79. The first-order valence-electron chi connectivity index (χ1n) is 11.0. The number of amides is 1. The zero-order valence-corrected chi connectivity index (χ0v) is 17.3. The fourth-order valence-corrected chi connectivity index (χ4v) is 4.30. The van der Waals surface area contributed by atoms with E-state index in [1.165, 1.54) is 43.4 Å². The quantitative estimate of drug-likeness (QED) is 0.715. The first-order valence-corrected chi connectivity index (χ1v) is 11.0. The van der Waals surface area contributed by atoms with Crippen molar-refractivity contribution in [3.63, 3.8) is 0 Å². The molecular weight excluding hydrogens is 379 g/mol. The maximum atomic E-state index is 13.4. The number of piperidine rings is 1. The molecule has 158 valence electrons. The number of halogens is 1. The van der Waals surface area contributed by atoms with E-state index in [4.69, 9.17) is 0 Å². The summed E-state index contributed by atoms with van der Waals surface area (Å²) in [6.45, 7) is 2.20. The van der Waals surface area contributed by atoms with Crippen molar-refractivity contribution in [2.45, 2.75) is 44.9 Å². The molecule has 1 amide bonds. The third-order valence-electron chi connectivity index (χ3n) is 6.00. The van der Waals surface area contributed by atoms with Crippen LogP contribution in [0.2, 0.25) is 0 Å². The maximum Gasteiger partial charge on any atom is 0.225 e.